The van der Waals surface area contributed by atoms with Gasteiger partial charge in [-0.15, -0.1) is 0 Å². The number of aromatic nitrogens is 1. The van der Waals surface area contributed by atoms with Gasteiger partial charge in [0, 0.05) is 10.7 Å². The Morgan fingerprint density at radius 2 is 2.25 bits per heavy atom. The molecule has 20 heavy (non-hydrogen) atoms. The maximum absolute atomic E-state index is 11.8. The highest BCUT2D eigenvalue weighted by molar-refractivity contribution is 9.10. The summed E-state index contributed by atoms with van der Waals surface area (Å²) in [6.07, 6.45) is 1.62. The van der Waals surface area contributed by atoms with Crippen LogP contribution in [0.25, 0.3) is 0 Å². The summed E-state index contributed by atoms with van der Waals surface area (Å²) >= 11 is 9.30. The number of benzene rings is 1. The van der Waals surface area contributed by atoms with E-state index in [0.717, 1.165) is 10.0 Å². The molecule has 4 nitrogen and oxygen atoms in total. The van der Waals surface area contributed by atoms with E-state index in [1.165, 1.54) is 0 Å². The number of carbonyl (C=O) groups is 1. The smallest absolute Gasteiger partial charge is 0.263 e. The third kappa shape index (κ3) is 3.95. The third-order valence-corrected chi connectivity index (χ3v) is 3.31. The van der Waals surface area contributed by atoms with Crippen LogP contribution in [-0.4, -0.2) is 17.5 Å². The lowest BCUT2D eigenvalue weighted by Crippen LogP contribution is -2.21. The largest absolute Gasteiger partial charge is 0.482 e. The van der Waals surface area contributed by atoms with Crippen LogP contribution in [0.2, 0.25) is 5.02 Å². The van der Waals surface area contributed by atoms with Crippen LogP contribution >= 0.6 is 27.5 Å². The fourth-order valence-electron chi connectivity index (χ4n) is 1.52. The Kier molecular flexibility index (Phi) is 4.98. The van der Waals surface area contributed by atoms with Crippen molar-refractivity contribution >= 4 is 39.3 Å². The molecule has 1 heterocycles. The first-order valence-electron chi connectivity index (χ1n) is 5.85. The van der Waals surface area contributed by atoms with Gasteiger partial charge in [-0.1, -0.05) is 33.6 Å². The molecule has 0 radical (unpaired) electrons. The maximum Gasteiger partial charge on any atom is 0.263 e. The van der Waals surface area contributed by atoms with Gasteiger partial charge in [0.15, 0.2) is 6.61 Å². The van der Waals surface area contributed by atoms with E-state index in [2.05, 4.69) is 26.2 Å². The van der Waals surface area contributed by atoms with Crippen LogP contribution in [0.4, 0.5) is 5.82 Å². The zero-order chi connectivity index (χ0) is 14.5. The summed E-state index contributed by atoms with van der Waals surface area (Å²) in [5.41, 5.74) is 0.891. The van der Waals surface area contributed by atoms with Crippen LogP contribution in [0.1, 0.15) is 5.56 Å². The van der Waals surface area contributed by atoms with E-state index in [9.17, 15) is 4.79 Å². The quantitative estimate of drug-likeness (QED) is 0.907. The zero-order valence-corrected chi connectivity index (χ0v) is 13.0. The summed E-state index contributed by atoms with van der Waals surface area (Å²) in [5.74, 6) is 0.705. The number of carbonyl (C=O) groups excluding carboxylic acids is 1. The molecule has 0 spiro atoms. The second-order valence-corrected chi connectivity index (χ2v) is 5.40. The van der Waals surface area contributed by atoms with Gasteiger partial charge in [0.2, 0.25) is 0 Å². The fourth-order valence-corrected chi connectivity index (χ4v) is 2.25. The van der Waals surface area contributed by atoms with Crippen molar-refractivity contribution in [2.45, 2.75) is 6.92 Å². The molecule has 0 atom stereocenters. The van der Waals surface area contributed by atoms with Crippen molar-refractivity contribution in [2.75, 3.05) is 11.9 Å². The van der Waals surface area contributed by atoms with Crippen LogP contribution in [0.5, 0.6) is 5.75 Å². The molecule has 0 unspecified atom stereocenters. The summed E-state index contributed by atoms with van der Waals surface area (Å²) in [7, 11) is 0. The lowest BCUT2D eigenvalue weighted by molar-refractivity contribution is -0.118. The number of hydrogen-bond acceptors (Lipinski definition) is 3. The number of nitrogens with one attached hydrogen (secondary N) is 1. The second-order valence-electron chi connectivity index (χ2n) is 4.08. The van der Waals surface area contributed by atoms with Gasteiger partial charge in [-0.25, -0.2) is 4.98 Å². The summed E-state index contributed by atoms with van der Waals surface area (Å²) < 4.78 is 6.22. The average molecular weight is 356 g/mol. The predicted octanol–water partition coefficient (Wildman–Crippen LogP) is 3.82. The summed E-state index contributed by atoms with van der Waals surface area (Å²) in [6, 6.07) is 8.88. The molecule has 1 aromatic carbocycles. The Morgan fingerprint density at radius 3 is 2.95 bits per heavy atom. The van der Waals surface area contributed by atoms with Crippen molar-refractivity contribution in [1.29, 1.82) is 0 Å². The van der Waals surface area contributed by atoms with Gasteiger partial charge in [0.1, 0.15) is 11.6 Å². The highest BCUT2D eigenvalue weighted by Gasteiger charge is 2.08. The molecule has 104 valence electrons. The van der Waals surface area contributed by atoms with Gasteiger partial charge < -0.3 is 10.1 Å². The molecule has 0 aliphatic heterocycles. The van der Waals surface area contributed by atoms with Gasteiger partial charge in [-0.2, -0.15) is 0 Å². The number of nitrogens with zero attached hydrogens (tertiary/aromatic N) is 1. The fraction of sp³-hybridized carbons (Fsp3) is 0.143. The molecule has 1 N–H and O–H groups in total. The molecule has 0 bridgehead atoms. The summed E-state index contributed by atoms with van der Waals surface area (Å²) in [5, 5.41) is 3.13. The molecule has 1 amide bonds. The Balaban J connectivity index is 1.94. The average Bonchev–Trinajstić information content (AvgIpc) is 2.40. The number of ether oxygens (including phenoxy) is 1. The van der Waals surface area contributed by atoms with Crippen LogP contribution < -0.4 is 10.1 Å². The molecule has 0 saturated heterocycles. The van der Waals surface area contributed by atoms with Crippen molar-refractivity contribution in [3.8, 4) is 5.75 Å². The number of hydrogen-bond donors (Lipinski definition) is 1. The number of anilines is 1. The first-order chi connectivity index (χ1) is 9.56. The monoisotopic (exact) mass is 354 g/mol. The molecular weight excluding hydrogens is 344 g/mol. The van der Waals surface area contributed by atoms with E-state index in [4.69, 9.17) is 16.3 Å². The molecule has 0 fully saturated rings. The molecule has 0 aliphatic rings. The maximum atomic E-state index is 11.8. The van der Waals surface area contributed by atoms with E-state index in [0.29, 0.717) is 16.6 Å². The zero-order valence-electron chi connectivity index (χ0n) is 10.7. The van der Waals surface area contributed by atoms with Crippen molar-refractivity contribution in [3.63, 3.8) is 0 Å². The van der Waals surface area contributed by atoms with Crippen LogP contribution in [0.15, 0.2) is 41.0 Å². The standard InChI is InChI=1S/C14H12BrClN2O2/c1-9-3-2-6-17-14(9)18-13(19)8-20-12-5-4-10(15)7-11(12)16/h2-7H,8H2,1H3,(H,17,18,19). The van der Waals surface area contributed by atoms with Gasteiger partial charge in [0.25, 0.3) is 5.91 Å². The van der Waals surface area contributed by atoms with E-state index < -0.39 is 0 Å². The highest BCUT2D eigenvalue weighted by atomic mass is 79.9. The second kappa shape index (κ2) is 6.72. The summed E-state index contributed by atoms with van der Waals surface area (Å²) in [6.45, 7) is 1.74. The van der Waals surface area contributed by atoms with Gasteiger partial charge >= 0.3 is 0 Å². The molecular formula is C14H12BrClN2O2. The first-order valence-corrected chi connectivity index (χ1v) is 7.02. The molecule has 1 aromatic heterocycles. The van der Waals surface area contributed by atoms with Crippen molar-refractivity contribution in [1.82, 2.24) is 4.98 Å². The van der Waals surface area contributed by atoms with Crippen LogP contribution in [-0.2, 0) is 4.79 Å². The summed E-state index contributed by atoms with van der Waals surface area (Å²) in [4.78, 5) is 15.9. The molecule has 2 aromatic rings. The number of amides is 1. The molecule has 0 saturated carbocycles. The number of pyridine rings is 1. The number of rotatable bonds is 4. The highest BCUT2D eigenvalue weighted by Crippen LogP contribution is 2.27. The lowest BCUT2D eigenvalue weighted by Gasteiger charge is -2.09. The van der Waals surface area contributed by atoms with Crippen molar-refractivity contribution in [2.24, 2.45) is 0 Å². The van der Waals surface area contributed by atoms with E-state index in [-0.39, 0.29) is 12.5 Å². The minimum atomic E-state index is -0.286. The minimum absolute atomic E-state index is 0.128. The minimum Gasteiger partial charge on any atom is -0.482 e. The first kappa shape index (κ1) is 14.8. The molecule has 2 rings (SSSR count). The topological polar surface area (TPSA) is 51.2 Å². The van der Waals surface area contributed by atoms with Gasteiger partial charge in [-0.3, -0.25) is 4.79 Å². The normalized spacial score (nSPS) is 10.2. The Labute approximate surface area is 130 Å². The van der Waals surface area contributed by atoms with Crippen LogP contribution in [0, 0.1) is 6.92 Å². The van der Waals surface area contributed by atoms with E-state index >= 15 is 0 Å². The Hall–Kier alpha value is -1.59. The van der Waals surface area contributed by atoms with E-state index in [1.807, 2.05) is 19.1 Å². The van der Waals surface area contributed by atoms with Crippen molar-refractivity contribution < 1.29 is 9.53 Å². The molecule has 6 heteroatoms. The van der Waals surface area contributed by atoms with Gasteiger partial charge in [0.05, 0.1) is 5.02 Å². The van der Waals surface area contributed by atoms with E-state index in [1.54, 1.807) is 24.4 Å². The third-order valence-electron chi connectivity index (χ3n) is 2.52. The van der Waals surface area contributed by atoms with Crippen molar-refractivity contribution in [3.05, 3.63) is 51.6 Å². The SMILES string of the molecule is Cc1cccnc1NC(=O)COc1ccc(Br)cc1Cl. The Morgan fingerprint density at radius 1 is 1.45 bits per heavy atom. The number of aryl methyl sites for hydroxylation is 1. The predicted molar refractivity (Wildman–Crippen MR) is 82.3 cm³/mol. The Bertz CT molecular complexity index is 634. The van der Waals surface area contributed by atoms with Crippen LogP contribution in [0.3, 0.4) is 0 Å². The lowest BCUT2D eigenvalue weighted by atomic mass is 10.3. The van der Waals surface area contributed by atoms with Gasteiger partial charge in [-0.05, 0) is 36.8 Å². The molecule has 0 aliphatic carbocycles. The number of halogens is 2.